The molecular weight excluding hydrogens is 438 g/mol. The standard InChI is InChI=1S/C18H13F4N3O3S.C2H6/c1-9(2)14(8-26)29-13-5-12(11(19)4-10(13)7-23)25-16(27)6-15(18(20,21)22)24(3)17(25)28;1-2/h4-6,8H,1-3H3;1-2H3. The van der Waals surface area contributed by atoms with Crippen molar-refractivity contribution >= 4 is 18.0 Å². The summed E-state index contributed by atoms with van der Waals surface area (Å²) in [5.74, 6) is -1.16. The molecule has 0 atom stereocenters. The summed E-state index contributed by atoms with van der Waals surface area (Å²) in [6.45, 7) is 7.26. The third kappa shape index (κ3) is 5.52. The molecular formula is C20H19F4N3O3S. The SMILES string of the molecule is CC.CC(C)=C(C=O)Sc1cc(-n2c(=O)cc(C(F)(F)F)n(C)c2=O)c(F)cc1C#N. The van der Waals surface area contributed by atoms with Gasteiger partial charge in [0, 0.05) is 18.0 Å². The molecule has 0 bridgehead atoms. The predicted molar refractivity (Wildman–Crippen MR) is 109 cm³/mol. The predicted octanol–water partition coefficient (Wildman–Crippen LogP) is 4.18. The van der Waals surface area contributed by atoms with Crippen LogP contribution >= 0.6 is 11.8 Å². The Balaban J connectivity index is 0.00000233. The number of nitriles is 1. The van der Waals surface area contributed by atoms with Crippen LogP contribution in [0.2, 0.25) is 0 Å². The van der Waals surface area contributed by atoms with Crippen molar-refractivity contribution in [2.75, 3.05) is 0 Å². The van der Waals surface area contributed by atoms with Crippen molar-refractivity contribution in [3.8, 4) is 11.8 Å². The maximum Gasteiger partial charge on any atom is 0.431 e. The summed E-state index contributed by atoms with van der Waals surface area (Å²) in [7, 11) is 0.798. The maximum atomic E-state index is 14.5. The highest BCUT2D eigenvalue weighted by Crippen LogP contribution is 2.33. The number of hydrogen-bond donors (Lipinski definition) is 0. The third-order valence-corrected chi connectivity index (χ3v) is 5.12. The van der Waals surface area contributed by atoms with Gasteiger partial charge in [-0.1, -0.05) is 31.2 Å². The number of nitrogens with zero attached hydrogens (tertiary/aromatic N) is 3. The Kier molecular flexibility index (Phi) is 8.57. The van der Waals surface area contributed by atoms with Gasteiger partial charge in [0.1, 0.15) is 17.6 Å². The molecule has 0 spiro atoms. The van der Waals surface area contributed by atoms with Crippen molar-refractivity contribution < 1.29 is 22.4 Å². The minimum absolute atomic E-state index is 0.0565. The molecule has 0 unspecified atom stereocenters. The van der Waals surface area contributed by atoms with Crippen LogP contribution in [0.15, 0.2) is 43.2 Å². The van der Waals surface area contributed by atoms with E-state index in [0.29, 0.717) is 11.9 Å². The highest BCUT2D eigenvalue weighted by atomic mass is 32.2. The lowest BCUT2D eigenvalue weighted by Crippen LogP contribution is -2.41. The van der Waals surface area contributed by atoms with E-state index in [9.17, 15) is 37.2 Å². The number of carbonyl (C=O) groups is 1. The molecule has 166 valence electrons. The van der Waals surface area contributed by atoms with Crippen molar-refractivity contribution in [1.82, 2.24) is 9.13 Å². The first-order valence-electron chi connectivity index (χ1n) is 8.87. The Morgan fingerprint density at radius 1 is 1.16 bits per heavy atom. The van der Waals surface area contributed by atoms with Gasteiger partial charge in [0.2, 0.25) is 0 Å². The molecule has 0 saturated carbocycles. The van der Waals surface area contributed by atoms with Gasteiger partial charge in [-0.15, -0.1) is 0 Å². The van der Waals surface area contributed by atoms with Gasteiger partial charge >= 0.3 is 11.9 Å². The molecule has 0 N–H and O–H groups in total. The summed E-state index contributed by atoms with van der Waals surface area (Å²) < 4.78 is 53.9. The summed E-state index contributed by atoms with van der Waals surface area (Å²) in [6.07, 6.45) is -4.44. The summed E-state index contributed by atoms with van der Waals surface area (Å²) in [4.78, 5) is 36.1. The minimum Gasteiger partial charge on any atom is -0.297 e. The van der Waals surface area contributed by atoms with E-state index >= 15 is 0 Å². The van der Waals surface area contributed by atoms with Gasteiger partial charge in [0.25, 0.3) is 5.56 Å². The summed E-state index contributed by atoms with van der Waals surface area (Å²) >= 11 is 0.807. The van der Waals surface area contributed by atoms with Gasteiger partial charge in [0.15, 0.2) is 6.29 Å². The molecule has 6 nitrogen and oxygen atoms in total. The van der Waals surface area contributed by atoms with Crippen LogP contribution in [0.25, 0.3) is 5.69 Å². The topological polar surface area (TPSA) is 84.9 Å². The zero-order valence-corrected chi connectivity index (χ0v) is 18.1. The molecule has 31 heavy (non-hydrogen) atoms. The number of alkyl halides is 3. The van der Waals surface area contributed by atoms with Crippen LogP contribution in [0.4, 0.5) is 17.6 Å². The Bertz CT molecular complexity index is 1180. The van der Waals surface area contributed by atoms with Crippen molar-refractivity contribution in [2.24, 2.45) is 7.05 Å². The van der Waals surface area contributed by atoms with Crippen molar-refractivity contribution in [2.45, 2.75) is 38.8 Å². The lowest BCUT2D eigenvalue weighted by atomic mass is 10.2. The van der Waals surface area contributed by atoms with E-state index in [2.05, 4.69) is 0 Å². The molecule has 0 fully saturated rings. The van der Waals surface area contributed by atoms with E-state index in [1.54, 1.807) is 19.9 Å². The van der Waals surface area contributed by atoms with E-state index in [1.165, 1.54) is 0 Å². The fourth-order valence-corrected chi connectivity index (χ4v) is 3.24. The Morgan fingerprint density at radius 2 is 1.74 bits per heavy atom. The number of thioether (sulfide) groups is 1. The smallest absolute Gasteiger partial charge is 0.297 e. The van der Waals surface area contributed by atoms with Crippen LogP contribution in [0.3, 0.4) is 0 Å². The quantitative estimate of drug-likeness (QED) is 0.298. The van der Waals surface area contributed by atoms with E-state index in [4.69, 9.17) is 0 Å². The zero-order chi connectivity index (χ0) is 24.1. The van der Waals surface area contributed by atoms with Crippen LogP contribution in [0.1, 0.15) is 39.0 Å². The first kappa shape index (κ1) is 25.9. The number of halogens is 4. The number of rotatable bonds is 4. The molecule has 2 aromatic rings. The largest absolute Gasteiger partial charge is 0.431 e. The average molecular weight is 457 g/mol. The molecule has 1 aromatic carbocycles. The Morgan fingerprint density at radius 3 is 2.19 bits per heavy atom. The lowest BCUT2D eigenvalue weighted by molar-refractivity contribution is -0.144. The van der Waals surface area contributed by atoms with Crippen molar-refractivity contribution in [3.05, 3.63) is 66.6 Å². The fraction of sp³-hybridized carbons (Fsp3) is 0.300. The van der Waals surface area contributed by atoms with Crippen LogP contribution in [0, 0.1) is 17.1 Å². The number of carbonyl (C=O) groups excluding carboxylic acids is 1. The first-order valence-corrected chi connectivity index (χ1v) is 9.68. The van der Waals surface area contributed by atoms with Gasteiger partial charge < -0.3 is 0 Å². The van der Waals surface area contributed by atoms with E-state index < -0.39 is 34.6 Å². The van der Waals surface area contributed by atoms with Crippen LogP contribution in [0.5, 0.6) is 0 Å². The third-order valence-electron chi connectivity index (χ3n) is 3.84. The Labute approximate surface area is 179 Å². The monoisotopic (exact) mass is 457 g/mol. The van der Waals surface area contributed by atoms with E-state index in [1.807, 2.05) is 13.8 Å². The summed E-state index contributed by atoms with van der Waals surface area (Å²) in [6, 6.07) is 3.63. The lowest BCUT2D eigenvalue weighted by Gasteiger charge is -2.15. The summed E-state index contributed by atoms with van der Waals surface area (Å²) in [5.41, 5.74) is -4.50. The normalized spacial score (nSPS) is 10.6. The minimum atomic E-state index is -4.96. The summed E-state index contributed by atoms with van der Waals surface area (Å²) in [5, 5.41) is 9.21. The molecule has 0 aliphatic carbocycles. The highest BCUT2D eigenvalue weighted by Gasteiger charge is 2.35. The number of allylic oxidation sites excluding steroid dienone is 2. The van der Waals surface area contributed by atoms with Crippen LogP contribution in [-0.4, -0.2) is 15.4 Å². The number of hydrogen-bond acceptors (Lipinski definition) is 5. The number of benzene rings is 1. The molecule has 1 aromatic heterocycles. The molecule has 1 heterocycles. The average Bonchev–Trinajstić information content (AvgIpc) is 2.70. The second kappa shape index (κ2) is 10.3. The molecule has 2 rings (SSSR count). The fourth-order valence-electron chi connectivity index (χ4n) is 2.37. The molecule has 11 heteroatoms. The molecule has 0 amide bonds. The van der Waals surface area contributed by atoms with Gasteiger partial charge in [-0.2, -0.15) is 18.4 Å². The Hall–Kier alpha value is -3.13. The zero-order valence-electron chi connectivity index (χ0n) is 17.3. The highest BCUT2D eigenvalue weighted by molar-refractivity contribution is 8.04. The van der Waals surface area contributed by atoms with E-state index in [-0.39, 0.29) is 30.6 Å². The van der Waals surface area contributed by atoms with Crippen LogP contribution < -0.4 is 11.2 Å². The molecule has 0 radical (unpaired) electrons. The van der Waals surface area contributed by atoms with Crippen molar-refractivity contribution in [3.63, 3.8) is 0 Å². The van der Waals surface area contributed by atoms with Gasteiger partial charge in [-0.3, -0.25) is 14.2 Å². The molecule has 0 aliphatic heterocycles. The maximum absolute atomic E-state index is 14.5. The van der Waals surface area contributed by atoms with Crippen LogP contribution in [-0.2, 0) is 18.0 Å². The number of aldehydes is 1. The molecule has 0 aliphatic rings. The second-order valence-electron chi connectivity index (χ2n) is 6.04. The first-order chi connectivity index (χ1) is 14.4. The van der Waals surface area contributed by atoms with Gasteiger partial charge in [0.05, 0.1) is 16.2 Å². The van der Waals surface area contributed by atoms with Gasteiger partial charge in [-0.05, 0) is 26.0 Å². The van der Waals surface area contributed by atoms with Gasteiger partial charge in [-0.25, -0.2) is 13.8 Å². The number of aromatic nitrogens is 2. The van der Waals surface area contributed by atoms with E-state index in [0.717, 1.165) is 30.9 Å². The second-order valence-corrected chi connectivity index (χ2v) is 7.12. The van der Waals surface area contributed by atoms with Crippen molar-refractivity contribution in [1.29, 1.82) is 5.26 Å². The molecule has 0 saturated heterocycles.